The predicted molar refractivity (Wildman–Crippen MR) is 170 cm³/mol. The van der Waals surface area contributed by atoms with Gasteiger partial charge in [0.05, 0.1) is 51.1 Å². The highest BCUT2D eigenvalue weighted by Crippen LogP contribution is 2.39. The highest BCUT2D eigenvalue weighted by atomic mass is 35.5. The molecule has 3 N–H and O–H groups in total. The van der Waals surface area contributed by atoms with Crippen molar-refractivity contribution in [1.82, 2.24) is 14.9 Å². The van der Waals surface area contributed by atoms with E-state index in [0.29, 0.717) is 41.8 Å². The number of nitrogens with zero attached hydrogens (tertiary/aromatic N) is 4. The summed E-state index contributed by atoms with van der Waals surface area (Å²) in [5.41, 5.74) is 5.19. The van der Waals surface area contributed by atoms with Crippen LogP contribution in [0.1, 0.15) is 36.8 Å². The molecule has 3 aliphatic rings. The fourth-order valence-electron chi connectivity index (χ4n) is 6.53. The molecule has 2 aromatic carbocycles. The molecule has 11 heteroatoms. The van der Waals surface area contributed by atoms with Gasteiger partial charge in [-0.1, -0.05) is 17.7 Å². The van der Waals surface area contributed by atoms with Gasteiger partial charge in [0.15, 0.2) is 5.82 Å². The third-order valence-electron chi connectivity index (χ3n) is 8.79. The van der Waals surface area contributed by atoms with E-state index in [2.05, 4.69) is 37.6 Å². The Hall–Kier alpha value is -3.31. The number of aromatic nitrogens is 2. The van der Waals surface area contributed by atoms with E-state index < -0.39 is 0 Å². The largest absolute Gasteiger partial charge is 0.494 e. The van der Waals surface area contributed by atoms with Gasteiger partial charge in [-0.3, -0.25) is 4.90 Å². The highest BCUT2D eigenvalue weighted by molar-refractivity contribution is 6.33. The molecule has 2 unspecified atom stereocenters. The van der Waals surface area contributed by atoms with Gasteiger partial charge in [0.25, 0.3) is 0 Å². The average molecular weight is 609 g/mol. The SMILES string of the molecule is COc1cc(N2CCOCC2)ccc1Nc1nc(Nc2ccc3c(c2OC)CCC(N2CCCC(O)C2)CC3)ncc1Cl. The van der Waals surface area contributed by atoms with Gasteiger partial charge >= 0.3 is 0 Å². The summed E-state index contributed by atoms with van der Waals surface area (Å²) < 4.78 is 17.2. The van der Waals surface area contributed by atoms with Crippen LogP contribution in [0.2, 0.25) is 5.02 Å². The van der Waals surface area contributed by atoms with Crippen LogP contribution in [0.5, 0.6) is 11.5 Å². The quantitative estimate of drug-likeness (QED) is 0.297. The second-order valence-electron chi connectivity index (χ2n) is 11.4. The first kappa shape index (κ1) is 29.7. The number of methoxy groups -OCH3 is 2. The average Bonchev–Trinajstić information content (AvgIpc) is 3.26. The fraction of sp³-hybridized carbons (Fsp3) is 0.500. The molecule has 1 aliphatic carbocycles. The molecule has 3 heterocycles. The first-order valence-corrected chi connectivity index (χ1v) is 15.6. The van der Waals surface area contributed by atoms with Crippen LogP contribution in [-0.4, -0.2) is 85.7 Å². The molecule has 43 heavy (non-hydrogen) atoms. The zero-order valence-corrected chi connectivity index (χ0v) is 25.7. The number of halogens is 1. The Morgan fingerprint density at radius 2 is 1.79 bits per heavy atom. The third kappa shape index (κ3) is 6.77. The van der Waals surface area contributed by atoms with E-state index in [9.17, 15) is 5.11 Å². The summed E-state index contributed by atoms with van der Waals surface area (Å²) in [6.07, 6.45) is 7.37. The number of ether oxygens (including phenoxy) is 3. The van der Waals surface area contributed by atoms with E-state index in [0.717, 1.165) is 87.5 Å². The van der Waals surface area contributed by atoms with E-state index >= 15 is 0 Å². The van der Waals surface area contributed by atoms with Crippen LogP contribution in [0.3, 0.4) is 0 Å². The predicted octanol–water partition coefficient (Wildman–Crippen LogP) is 5.18. The van der Waals surface area contributed by atoms with Crippen molar-refractivity contribution in [1.29, 1.82) is 0 Å². The molecule has 2 aliphatic heterocycles. The highest BCUT2D eigenvalue weighted by Gasteiger charge is 2.28. The Balaban J connectivity index is 1.19. The lowest BCUT2D eigenvalue weighted by atomic mass is 10.0. The van der Waals surface area contributed by atoms with Crippen LogP contribution in [-0.2, 0) is 17.6 Å². The van der Waals surface area contributed by atoms with Crippen molar-refractivity contribution < 1.29 is 19.3 Å². The Labute approximate surface area is 258 Å². The van der Waals surface area contributed by atoms with Crippen LogP contribution < -0.4 is 25.0 Å². The van der Waals surface area contributed by atoms with Crippen LogP contribution in [0.15, 0.2) is 36.5 Å². The standard InChI is InChI=1S/C32H41ClN6O4/c1-41-29-18-23(38-14-16-43-17-15-38)9-12-27(29)35-31-26(33)19-34-32(37-31)36-28-11-6-21-5-7-22(8-10-25(21)30(28)42-2)39-13-3-4-24(40)20-39/h6,9,11-12,18-19,22,24,40H,3-5,7-8,10,13-17,20H2,1-2H3,(H2,34,35,36,37). The zero-order chi connectivity index (χ0) is 29.8. The van der Waals surface area contributed by atoms with Gasteiger partial charge in [-0.25, -0.2) is 4.98 Å². The minimum Gasteiger partial charge on any atom is -0.494 e. The molecule has 0 radical (unpaired) electrons. The molecule has 1 aromatic heterocycles. The Bertz CT molecular complexity index is 1420. The number of rotatable bonds is 8. The Morgan fingerprint density at radius 1 is 0.977 bits per heavy atom. The molecule has 2 atom stereocenters. The second kappa shape index (κ2) is 13.5. The zero-order valence-electron chi connectivity index (χ0n) is 24.9. The van der Waals surface area contributed by atoms with Crippen LogP contribution >= 0.6 is 11.6 Å². The summed E-state index contributed by atoms with van der Waals surface area (Å²) in [6.45, 7) is 4.97. The molecule has 0 amide bonds. The van der Waals surface area contributed by atoms with E-state index in [1.165, 1.54) is 11.1 Å². The van der Waals surface area contributed by atoms with E-state index in [4.69, 9.17) is 30.8 Å². The summed E-state index contributed by atoms with van der Waals surface area (Å²) >= 11 is 6.53. The van der Waals surface area contributed by atoms with E-state index in [1.807, 2.05) is 18.2 Å². The normalized spacial score (nSPS) is 21.1. The summed E-state index contributed by atoms with van der Waals surface area (Å²) in [4.78, 5) is 13.9. The second-order valence-corrected chi connectivity index (χ2v) is 11.8. The minimum absolute atomic E-state index is 0.209. The minimum atomic E-state index is -0.209. The Morgan fingerprint density at radius 3 is 2.58 bits per heavy atom. The topological polar surface area (TPSA) is 104 Å². The fourth-order valence-corrected chi connectivity index (χ4v) is 6.67. The number of hydrogen-bond donors (Lipinski definition) is 3. The maximum absolute atomic E-state index is 10.2. The number of morpholine rings is 1. The first-order valence-electron chi connectivity index (χ1n) is 15.2. The molecular weight excluding hydrogens is 568 g/mol. The summed E-state index contributed by atoms with van der Waals surface area (Å²) in [5, 5.41) is 17.3. The van der Waals surface area contributed by atoms with Crippen molar-refractivity contribution in [3.63, 3.8) is 0 Å². The smallest absolute Gasteiger partial charge is 0.229 e. The molecule has 0 spiro atoms. The number of benzene rings is 2. The number of likely N-dealkylation sites (tertiary alicyclic amines) is 1. The maximum Gasteiger partial charge on any atom is 0.229 e. The van der Waals surface area contributed by atoms with Gasteiger partial charge in [-0.05, 0) is 74.4 Å². The van der Waals surface area contributed by atoms with Crippen LogP contribution in [0, 0.1) is 0 Å². The van der Waals surface area contributed by atoms with Gasteiger partial charge in [0.1, 0.15) is 16.5 Å². The van der Waals surface area contributed by atoms with Crippen molar-refractivity contribution in [2.75, 3.05) is 69.1 Å². The number of hydrogen-bond acceptors (Lipinski definition) is 10. The molecular formula is C32H41ClN6O4. The van der Waals surface area contributed by atoms with Crippen molar-refractivity contribution in [3.8, 4) is 11.5 Å². The molecule has 3 aromatic rings. The number of fused-ring (bicyclic) bond motifs is 1. The molecule has 0 bridgehead atoms. The molecule has 2 fully saturated rings. The molecule has 2 saturated heterocycles. The number of aliphatic hydroxyl groups excluding tert-OH is 1. The summed E-state index contributed by atoms with van der Waals surface area (Å²) in [5.74, 6) is 2.39. The van der Waals surface area contributed by atoms with Crippen LogP contribution in [0.4, 0.5) is 28.8 Å². The van der Waals surface area contributed by atoms with E-state index in [1.54, 1.807) is 20.4 Å². The number of nitrogens with one attached hydrogen (secondary N) is 2. The number of anilines is 5. The Kier molecular flexibility index (Phi) is 9.37. The van der Waals surface area contributed by atoms with Gasteiger partial charge < -0.3 is 34.9 Å². The monoisotopic (exact) mass is 608 g/mol. The first-order chi connectivity index (χ1) is 21.0. The van der Waals surface area contributed by atoms with Crippen molar-refractivity contribution >= 4 is 40.4 Å². The number of piperidine rings is 1. The lowest BCUT2D eigenvalue weighted by molar-refractivity contribution is 0.0425. The van der Waals surface area contributed by atoms with Crippen LogP contribution in [0.25, 0.3) is 0 Å². The molecule has 0 saturated carbocycles. The van der Waals surface area contributed by atoms with E-state index in [-0.39, 0.29) is 6.10 Å². The van der Waals surface area contributed by atoms with Gasteiger partial charge in [-0.2, -0.15) is 4.98 Å². The van der Waals surface area contributed by atoms with Gasteiger partial charge in [0.2, 0.25) is 5.95 Å². The number of aliphatic hydroxyl groups is 1. The lowest BCUT2D eigenvalue weighted by Crippen LogP contribution is -2.44. The summed E-state index contributed by atoms with van der Waals surface area (Å²) in [6, 6.07) is 10.7. The lowest BCUT2D eigenvalue weighted by Gasteiger charge is -2.36. The third-order valence-corrected chi connectivity index (χ3v) is 9.06. The number of β-amino-alcohol motifs (C(OH)–C–C–N with tert-alkyl or cyclic N) is 1. The molecule has 230 valence electrons. The van der Waals surface area contributed by atoms with Crippen molar-refractivity contribution in [2.45, 2.75) is 50.7 Å². The van der Waals surface area contributed by atoms with Crippen molar-refractivity contribution in [3.05, 3.63) is 52.7 Å². The van der Waals surface area contributed by atoms with Gasteiger partial charge in [-0.15, -0.1) is 0 Å². The summed E-state index contributed by atoms with van der Waals surface area (Å²) in [7, 11) is 3.37. The number of aryl methyl sites for hydroxylation is 1. The van der Waals surface area contributed by atoms with Crippen molar-refractivity contribution in [2.24, 2.45) is 0 Å². The maximum atomic E-state index is 10.2. The molecule has 6 rings (SSSR count). The van der Waals surface area contributed by atoms with Gasteiger partial charge in [0, 0.05) is 37.4 Å². The molecule has 10 nitrogen and oxygen atoms in total.